The number of carbonyl (C=O) groups excluding carboxylic acids is 2. The molecule has 0 radical (unpaired) electrons. The summed E-state index contributed by atoms with van der Waals surface area (Å²) in [6.45, 7) is 5.45. The van der Waals surface area contributed by atoms with Crippen LogP contribution in [0.2, 0.25) is 0 Å². The van der Waals surface area contributed by atoms with Crippen LogP contribution in [0.5, 0.6) is 0 Å². The molecule has 0 unspecified atom stereocenters. The topological polar surface area (TPSA) is 67.9 Å². The Morgan fingerprint density at radius 1 is 1.19 bits per heavy atom. The number of nitrogens with zero attached hydrogens (tertiary/aromatic N) is 3. The summed E-state index contributed by atoms with van der Waals surface area (Å²) in [5.41, 5.74) is 1.56. The van der Waals surface area contributed by atoms with Crippen LogP contribution in [0.25, 0.3) is 0 Å². The maximum absolute atomic E-state index is 12.7. The zero-order valence-electron chi connectivity index (χ0n) is 15.7. The highest BCUT2D eigenvalue weighted by molar-refractivity contribution is 5.91. The van der Waals surface area contributed by atoms with Gasteiger partial charge in [0.1, 0.15) is 0 Å². The minimum absolute atomic E-state index is 0.0190. The number of anilines is 1. The molecule has 142 valence electrons. The maximum atomic E-state index is 12.7. The fourth-order valence-electron chi connectivity index (χ4n) is 3.55. The molecule has 7 heteroatoms. The van der Waals surface area contributed by atoms with Crippen LogP contribution in [0.1, 0.15) is 12.0 Å². The molecule has 26 heavy (non-hydrogen) atoms. The maximum Gasteiger partial charge on any atom is 0.321 e. The third kappa shape index (κ3) is 4.53. The first-order chi connectivity index (χ1) is 12.5. The largest absolute Gasteiger partial charge is 0.349 e. The normalized spacial score (nSPS) is 20.8. The number of urea groups is 1. The number of piperazine rings is 1. The fraction of sp³-hybridized carbons (Fsp3) is 0.579. The van der Waals surface area contributed by atoms with E-state index >= 15 is 0 Å². The van der Waals surface area contributed by atoms with Gasteiger partial charge in [-0.3, -0.25) is 9.69 Å². The number of amides is 3. The Kier molecular flexibility index (Phi) is 6.11. The third-order valence-corrected chi connectivity index (χ3v) is 5.25. The van der Waals surface area contributed by atoms with Crippen molar-refractivity contribution < 1.29 is 9.59 Å². The quantitative estimate of drug-likeness (QED) is 0.836. The summed E-state index contributed by atoms with van der Waals surface area (Å²) >= 11 is 0. The molecule has 2 aliphatic rings. The number of benzene rings is 1. The Labute approximate surface area is 155 Å². The SMILES string of the molecule is CN(C)C(=O)Cc1ccccc1NC(=O)N1CCN([C@@H]2CCNC2)CC1. The summed E-state index contributed by atoms with van der Waals surface area (Å²) in [5, 5.41) is 6.39. The van der Waals surface area contributed by atoms with Crippen LogP contribution < -0.4 is 10.6 Å². The van der Waals surface area contributed by atoms with Gasteiger partial charge < -0.3 is 20.4 Å². The van der Waals surface area contributed by atoms with E-state index in [1.165, 1.54) is 6.42 Å². The molecule has 1 aromatic rings. The van der Waals surface area contributed by atoms with E-state index in [9.17, 15) is 9.59 Å². The molecular weight excluding hydrogens is 330 g/mol. The van der Waals surface area contributed by atoms with Crippen LogP contribution in [0.3, 0.4) is 0 Å². The van der Waals surface area contributed by atoms with Crippen LogP contribution in [-0.2, 0) is 11.2 Å². The minimum atomic E-state index is -0.0843. The van der Waals surface area contributed by atoms with Crippen LogP contribution in [0.15, 0.2) is 24.3 Å². The summed E-state index contributed by atoms with van der Waals surface area (Å²) in [6.07, 6.45) is 1.48. The second-order valence-corrected chi connectivity index (χ2v) is 7.22. The monoisotopic (exact) mass is 359 g/mol. The Morgan fingerprint density at radius 2 is 1.92 bits per heavy atom. The average Bonchev–Trinajstić information content (AvgIpc) is 3.18. The smallest absolute Gasteiger partial charge is 0.321 e. The van der Waals surface area contributed by atoms with Crippen molar-refractivity contribution in [3.05, 3.63) is 29.8 Å². The van der Waals surface area contributed by atoms with E-state index in [0.29, 0.717) is 6.04 Å². The lowest BCUT2D eigenvalue weighted by atomic mass is 10.1. The molecule has 2 aliphatic heterocycles. The van der Waals surface area contributed by atoms with Gasteiger partial charge in [0.2, 0.25) is 5.91 Å². The summed E-state index contributed by atoms with van der Waals surface area (Å²) < 4.78 is 0. The van der Waals surface area contributed by atoms with Gasteiger partial charge in [0.15, 0.2) is 0 Å². The molecule has 0 aliphatic carbocycles. The van der Waals surface area contributed by atoms with Crippen molar-refractivity contribution in [2.75, 3.05) is 58.7 Å². The van der Waals surface area contributed by atoms with Crippen molar-refractivity contribution in [2.24, 2.45) is 0 Å². The Hall–Kier alpha value is -2.12. The van der Waals surface area contributed by atoms with E-state index in [4.69, 9.17) is 0 Å². The van der Waals surface area contributed by atoms with Crippen LogP contribution >= 0.6 is 0 Å². The lowest BCUT2D eigenvalue weighted by Gasteiger charge is -2.37. The molecule has 0 spiro atoms. The zero-order chi connectivity index (χ0) is 18.5. The van der Waals surface area contributed by atoms with Gasteiger partial charge in [-0.05, 0) is 24.6 Å². The van der Waals surface area contributed by atoms with E-state index in [0.717, 1.165) is 50.5 Å². The van der Waals surface area contributed by atoms with Gasteiger partial charge >= 0.3 is 6.03 Å². The third-order valence-electron chi connectivity index (χ3n) is 5.25. The summed E-state index contributed by atoms with van der Waals surface area (Å²) in [6, 6.07) is 8.04. The number of hydrogen-bond donors (Lipinski definition) is 2. The minimum Gasteiger partial charge on any atom is -0.349 e. The molecule has 0 saturated carbocycles. The van der Waals surface area contributed by atoms with Gasteiger partial charge in [0, 0.05) is 58.5 Å². The standard InChI is InChI=1S/C19H29N5O2/c1-22(2)18(25)13-15-5-3-4-6-17(15)21-19(26)24-11-9-23(10-12-24)16-7-8-20-14-16/h3-6,16,20H,7-14H2,1-2H3,(H,21,26)/t16-/m1/s1. The summed E-state index contributed by atoms with van der Waals surface area (Å²) in [7, 11) is 3.48. The van der Waals surface area contributed by atoms with E-state index in [-0.39, 0.29) is 18.4 Å². The molecule has 1 atom stereocenters. The van der Waals surface area contributed by atoms with Crippen molar-refractivity contribution in [1.82, 2.24) is 20.0 Å². The number of carbonyl (C=O) groups is 2. The van der Waals surface area contributed by atoms with Crippen molar-refractivity contribution in [3.63, 3.8) is 0 Å². The molecular formula is C19H29N5O2. The first-order valence-corrected chi connectivity index (χ1v) is 9.33. The van der Waals surface area contributed by atoms with Crippen molar-refractivity contribution in [2.45, 2.75) is 18.9 Å². The summed E-state index contributed by atoms with van der Waals surface area (Å²) in [4.78, 5) is 30.6. The zero-order valence-corrected chi connectivity index (χ0v) is 15.7. The molecule has 2 fully saturated rings. The van der Waals surface area contributed by atoms with E-state index < -0.39 is 0 Å². The van der Waals surface area contributed by atoms with E-state index in [2.05, 4.69) is 15.5 Å². The van der Waals surface area contributed by atoms with Gasteiger partial charge in [-0.2, -0.15) is 0 Å². The number of rotatable bonds is 4. The predicted molar refractivity (Wildman–Crippen MR) is 102 cm³/mol. The number of nitrogens with one attached hydrogen (secondary N) is 2. The van der Waals surface area contributed by atoms with Crippen LogP contribution in [0.4, 0.5) is 10.5 Å². The Morgan fingerprint density at radius 3 is 2.58 bits per heavy atom. The Balaban J connectivity index is 1.56. The molecule has 2 saturated heterocycles. The highest BCUT2D eigenvalue weighted by atomic mass is 16.2. The van der Waals surface area contributed by atoms with Crippen molar-refractivity contribution >= 4 is 17.6 Å². The number of hydrogen-bond acceptors (Lipinski definition) is 4. The van der Waals surface area contributed by atoms with Gasteiger partial charge in [-0.1, -0.05) is 18.2 Å². The lowest BCUT2D eigenvalue weighted by Crippen LogP contribution is -2.53. The highest BCUT2D eigenvalue weighted by Crippen LogP contribution is 2.18. The fourth-order valence-corrected chi connectivity index (χ4v) is 3.55. The number of para-hydroxylation sites is 1. The van der Waals surface area contributed by atoms with Crippen LogP contribution in [-0.4, -0.2) is 86.0 Å². The molecule has 1 aromatic carbocycles. The second-order valence-electron chi connectivity index (χ2n) is 7.22. The van der Waals surface area contributed by atoms with E-state index in [1.54, 1.807) is 19.0 Å². The van der Waals surface area contributed by atoms with Crippen molar-refractivity contribution in [1.29, 1.82) is 0 Å². The molecule has 3 rings (SSSR count). The molecule has 0 aromatic heterocycles. The van der Waals surface area contributed by atoms with Crippen LogP contribution in [0, 0.1) is 0 Å². The predicted octanol–water partition coefficient (Wildman–Crippen LogP) is 0.829. The molecule has 2 N–H and O–H groups in total. The Bertz CT molecular complexity index is 635. The average molecular weight is 359 g/mol. The van der Waals surface area contributed by atoms with Gasteiger partial charge in [0.05, 0.1) is 6.42 Å². The molecule has 7 nitrogen and oxygen atoms in total. The molecule has 0 bridgehead atoms. The van der Waals surface area contributed by atoms with Gasteiger partial charge in [0.25, 0.3) is 0 Å². The van der Waals surface area contributed by atoms with Gasteiger partial charge in [-0.25, -0.2) is 4.79 Å². The molecule has 3 amide bonds. The first kappa shape index (κ1) is 18.7. The number of likely N-dealkylation sites (N-methyl/N-ethyl adjacent to an activating group) is 1. The molecule has 2 heterocycles. The second kappa shape index (κ2) is 8.51. The summed E-state index contributed by atoms with van der Waals surface area (Å²) in [5.74, 6) is 0.0190. The lowest BCUT2D eigenvalue weighted by molar-refractivity contribution is -0.127. The van der Waals surface area contributed by atoms with Gasteiger partial charge in [-0.15, -0.1) is 0 Å². The first-order valence-electron chi connectivity index (χ1n) is 9.33. The van der Waals surface area contributed by atoms with E-state index in [1.807, 2.05) is 29.2 Å². The van der Waals surface area contributed by atoms with Crippen molar-refractivity contribution in [3.8, 4) is 0 Å². The highest BCUT2D eigenvalue weighted by Gasteiger charge is 2.28.